The Kier molecular flexibility index (Phi) is 5.16. The van der Waals surface area contributed by atoms with Gasteiger partial charge in [0.05, 0.1) is 45.1 Å². The normalized spacial score (nSPS) is 21.2. The van der Waals surface area contributed by atoms with Crippen LogP contribution >= 0.6 is 0 Å². The first-order valence-corrected chi connectivity index (χ1v) is 7.95. The number of carbonyl (C=O) groups is 1. The Morgan fingerprint density at radius 1 is 1.00 bits per heavy atom. The fourth-order valence-corrected chi connectivity index (χ4v) is 2.35. The van der Waals surface area contributed by atoms with Gasteiger partial charge in [-0.15, -0.1) is 0 Å². The van der Waals surface area contributed by atoms with Gasteiger partial charge in [0, 0.05) is 13.5 Å². The summed E-state index contributed by atoms with van der Waals surface area (Å²) in [5, 5.41) is 0. The minimum atomic E-state index is -0.689. The van der Waals surface area contributed by atoms with E-state index >= 15 is 0 Å². The first kappa shape index (κ1) is 17.6. The summed E-state index contributed by atoms with van der Waals surface area (Å²) in [5.41, 5.74) is -2.04. The summed E-state index contributed by atoms with van der Waals surface area (Å²) in [6.07, 6.45) is -0.121. The molecule has 2 aliphatic rings. The van der Waals surface area contributed by atoms with Gasteiger partial charge in [0.2, 0.25) is 0 Å². The van der Waals surface area contributed by atoms with Crippen molar-refractivity contribution in [2.75, 3.05) is 19.8 Å². The van der Waals surface area contributed by atoms with Crippen LogP contribution in [0.5, 0.6) is 0 Å². The van der Waals surface area contributed by atoms with Crippen molar-refractivity contribution in [2.24, 2.45) is 0 Å². The molecule has 25 heavy (non-hydrogen) atoms. The number of epoxide rings is 2. The van der Waals surface area contributed by atoms with Gasteiger partial charge in [0.1, 0.15) is 0 Å². The predicted octanol–water partition coefficient (Wildman–Crippen LogP) is -2.15. The number of nitrogens with zero attached hydrogens (tertiary/aromatic N) is 3. The van der Waals surface area contributed by atoms with E-state index in [4.69, 9.17) is 9.47 Å². The van der Waals surface area contributed by atoms with Crippen LogP contribution in [-0.2, 0) is 43.7 Å². The van der Waals surface area contributed by atoms with E-state index in [2.05, 4.69) is 9.78 Å². The zero-order chi connectivity index (χ0) is 18.0. The Bertz CT molecular complexity index is 763. The molecule has 0 aliphatic carbocycles. The third-order valence-electron chi connectivity index (χ3n) is 3.75. The van der Waals surface area contributed by atoms with Crippen LogP contribution in [0.25, 0.3) is 0 Å². The SMILES string of the molecule is CC(=O)OOCCCn1c(=O)n(CC2CO2)c(=O)n(CC2CO2)c1=O. The minimum Gasteiger partial charge on any atom is -0.371 e. The standard InChI is InChI=1S/C14H19N3O8/c1-9(18)25-24-4-2-3-15-12(19)16(5-10-7-22-10)14(21)17(13(15)20)6-11-8-23-11/h10-11H,2-8H2,1H3. The molecule has 2 aliphatic heterocycles. The summed E-state index contributed by atoms with van der Waals surface area (Å²) in [6, 6.07) is 0. The predicted molar refractivity (Wildman–Crippen MR) is 81.0 cm³/mol. The molecule has 0 radical (unpaired) electrons. The van der Waals surface area contributed by atoms with Crippen molar-refractivity contribution in [1.82, 2.24) is 13.7 Å². The molecule has 1 aromatic rings. The monoisotopic (exact) mass is 357 g/mol. The highest BCUT2D eigenvalue weighted by atomic mass is 17.2. The van der Waals surface area contributed by atoms with Crippen LogP contribution in [0.2, 0.25) is 0 Å². The fraction of sp³-hybridized carbons (Fsp3) is 0.714. The molecule has 3 rings (SSSR count). The quantitative estimate of drug-likeness (QED) is 0.212. The van der Waals surface area contributed by atoms with Crippen LogP contribution in [0.15, 0.2) is 14.4 Å². The lowest BCUT2D eigenvalue weighted by molar-refractivity contribution is -0.270. The molecule has 0 amide bonds. The third kappa shape index (κ3) is 4.44. The summed E-state index contributed by atoms with van der Waals surface area (Å²) in [7, 11) is 0. The molecule has 11 heteroatoms. The average molecular weight is 357 g/mol. The molecule has 0 bridgehead atoms. The van der Waals surface area contributed by atoms with Crippen molar-refractivity contribution in [3.8, 4) is 0 Å². The van der Waals surface area contributed by atoms with Gasteiger partial charge in [-0.05, 0) is 6.42 Å². The van der Waals surface area contributed by atoms with Crippen LogP contribution in [0.3, 0.4) is 0 Å². The molecule has 0 spiro atoms. The van der Waals surface area contributed by atoms with Gasteiger partial charge in [-0.1, -0.05) is 0 Å². The van der Waals surface area contributed by atoms with E-state index in [1.54, 1.807) is 0 Å². The van der Waals surface area contributed by atoms with Crippen molar-refractivity contribution >= 4 is 5.97 Å². The largest absolute Gasteiger partial charge is 0.371 e. The molecule has 11 nitrogen and oxygen atoms in total. The van der Waals surface area contributed by atoms with E-state index in [9.17, 15) is 19.2 Å². The maximum atomic E-state index is 12.5. The van der Waals surface area contributed by atoms with Gasteiger partial charge in [0.15, 0.2) is 0 Å². The van der Waals surface area contributed by atoms with E-state index in [1.165, 1.54) is 6.92 Å². The van der Waals surface area contributed by atoms with Gasteiger partial charge in [-0.2, -0.15) is 4.89 Å². The smallest absolute Gasteiger partial charge is 0.339 e. The van der Waals surface area contributed by atoms with Crippen molar-refractivity contribution in [3.63, 3.8) is 0 Å². The Labute approximate surface area is 141 Å². The number of rotatable bonds is 9. The molecule has 3 heterocycles. The van der Waals surface area contributed by atoms with E-state index in [0.29, 0.717) is 13.2 Å². The average Bonchev–Trinajstić information content (AvgIpc) is 3.45. The summed E-state index contributed by atoms with van der Waals surface area (Å²) < 4.78 is 13.1. The van der Waals surface area contributed by atoms with Crippen LogP contribution in [0.1, 0.15) is 13.3 Å². The molecule has 138 valence electrons. The number of aromatic nitrogens is 3. The highest BCUT2D eigenvalue weighted by molar-refractivity contribution is 5.65. The number of ether oxygens (including phenoxy) is 2. The number of hydrogen-bond donors (Lipinski definition) is 0. The lowest BCUT2D eigenvalue weighted by Gasteiger charge is -2.12. The second-order valence-electron chi connectivity index (χ2n) is 5.88. The molecule has 2 unspecified atom stereocenters. The van der Waals surface area contributed by atoms with Gasteiger partial charge in [-0.25, -0.2) is 32.9 Å². The van der Waals surface area contributed by atoms with Crippen LogP contribution in [0, 0.1) is 0 Å². The second kappa shape index (κ2) is 7.33. The van der Waals surface area contributed by atoms with E-state index in [-0.39, 0.29) is 44.9 Å². The summed E-state index contributed by atoms with van der Waals surface area (Å²) in [4.78, 5) is 57.0. The third-order valence-corrected chi connectivity index (χ3v) is 3.75. The first-order chi connectivity index (χ1) is 12.0. The van der Waals surface area contributed by atoms with E-state index in [0.717, 1.165) is 13.7 Å². The second-order valence-corrected chi connectivity index (χ2v) is 5.88. The molecule has 2 atom stereocenters. The minimum absolute atomic E-state index is 0.0159. The van der Waals surface area contributed by atoms with Crippen molar-refractivity contribution < 1.29 is 24.0 Å². The fourth-order valence-electron chi connectivity index (χ4n) is 2.35. The molecule has 0 N–H and O–H groups in total. The summed E-state index contributed by atoms with van der Waals surface area (Å²) in [5.74, 6) is -0.595. The Hall–Kier alpha value is -2.24. The number of carbonyl (C=O) groups excluding carboxylic acids is 1. The van der Waals surface area contributed by atoms with Crippen molar-refractivity contribution in [3.05, 3.63) is 31.5 Å². The lowest BCUT2D eigenvalue weighted by atomic mass is 10.4. The molecular weight excluding hydrogens is 338 g/mol. The summed E-state index contributed by atoms with van der Waals surface area (Å²) in [6.45, 7) is 2.40. The highest BCUT2D eigenvalue weighted by Crippen LogP contribution is 2.10. The maximum Gasteiger partial charge on any atom is 0.339 e. The topological polar surface area (TPSA) is 127 Å². The molecule has 1 aromatic heterocycles. The Balaban J connectivity index is 1.81. The van der Waals surface area contributed by atoms with Crippen LogP contribution < -0.4 is 17.1 Å². The van der Waals surface area contributed by atoms with Crippen LogP contribution in [-0.4, -0.2) is 51.7 Å². The van der Waals surface area contributed by atoms with Gasteiger partial charge >= 0.3 is 23.0 Å². The van der Waals surface area contributed by atoms with Crippen molar-refractivity contribution in [2.45, 2.75) is 45.2 Å². The maximum absolute atomic E-state index is 12.5. The molecular formula is C14H19N3O8. The Morgan fingerprint density at radius 3 is 1.92 bits per heavy atom. The van der Waals surface area contributed by atoms with Crippen LogP contribution in [0.4, 0.5) is 0 Å². The highest BCUT2D eigenvalue weighted by Gasteiger charge is 2.29. The van der Waals surface area contributed by atoms with E-state index < -0.39 is 23.0 Å². The molecule has 2 saturated heterocycles. The first-order valence-electron chi connectivity index (χ1n) is 7.95. The molecule has 0 aromatic carbocycles. The molecule has 2 fully saturated rings. The van der Waals surface area contributed by atoms with Crippen molar-refractivity contribution in [1.29, 1.82) is 0 Å². The van der Waals surface area contributed by atoms with E-state index in [1.807, 2.05) is 0 Å². The Morgan fingerprint density at radius 2 is 1.48 bits per heavy atom. The lowest BCUT2D eigenvalue weighted by Crippen LogP contribution is -2.55. The molecule has 0 saturated carbocycles. The number of hydrogen-bond acceptors (Lipinski definition) is 8. The zero-order valence-corrected chi connectivity index (χ0v) is 13.7. The van der Waals surface area contributed by atoms with Gasteiger partial charge < -0.3 is 9.47 Å². The van der Waals surface area contributed by atoms with Gasteiger partial charge in [0.25, 0.3) is 0 Å². The zero-order valence-electron chi connectivity index (χ0n) is 13.7. The summed E-state index contributed by atoms with van der Waals surface area (Å²) >= 11 is 0. The van der Waals surface area contributed by atoms with Gasteiger partial charge in [-0.3, -0.25) is 4.89 Å².